The summed E-state index contributed by atoms with van der Waals surface area (Å²) in [6, 6.07) is 10.00. The van der Waals surface area contributed by atoms with Gasteiger partial charge in [-0.25, -0.2) is 4.98 Å². The second kappa shape index (κ2) is 11.0. The van der Waals surface area contributed by atoms with E-state index in [9.17, 15) is 0 Å². The third-order valence-electron chi connectivity index (χ3n) is 4.20. The van der Waals surface area contributed by atoms with Gasteiger partial charge in [-0.3, -0.25) is 5.43 Å². The minimum atomic E-state index is 0.591. The number of unbranched alkanes of at least 4 members (excludes halogenated alkanes) is 2. The quantitative estimate of drug-likeness (QED) is 0.212. The normalized spacial score (nSPS) is 11.1. The lowest BCUT2D eigenvalue weighted by atomic mass is 10.2. The standard InChI is InChI=1S/C22H27N3O2S2/c1-4-6-7-12-27-18-11-10-17(14-19(18)26-5-2)15-23-25-22-24-21(16(3)29-22)20-9-8-13-28-20/h8-11,13-15H,4-7,12H2,1-3H3,(H,24,25)/b23-15-. The van der Waals surface area contributed by atoms with E-state index >= 15 is 0 Å². The van der Waals surface area contributed by atoms with Gasteiger partial charge >= 0.3 is 0 Å². The Kier molecular flexibility index (Phi) is 8.07. The highest BCUT2D eigenvalue weighted by atomic mass is 32.1. The number of nitrogens with zero attached hydrogens (tertiary/aromatic N) is 2. The number of hydrogen-bond acceptors (Lipinski definition) is 7. The van der Waals surface area contributed by atoms with Crippen molar-refractivity contribution in [3.63, 3.8) is 0 Å². The lowest BCUT2D eigenvalue weighted by molar-refractivity contribution is 0.271. The van der Waals surface area contributed by atoms with Gasteiger partial charge in [-0.1, -0.05) is 25.8 Å². The summed E-state index contributed by atoms with van der Waals surface area (Å²) >= 11 is 3.29. The van der Waals surface area contributed by atoms with Crippen molar-refractivity contribution < 1.29 is 9.47 Å². The molecule has 7 heteroatoms. The first-order chi connectivity index (χ1) is 14.2. The van der Waals surface area contributed by atoms with E-state index in [1.165, 1.54) is 22.6 Å². The fraction of sp³-hybridized carbons (Fsp3) is 0.364. The average molecular weight is 430 g/mol. The summed E-state index contributed by atoms with van der Waals surface area (Å²) in [7, 11) is 0. The first-order valence-corrected chi connectivity index (χ1v) is 11.6. The molecule has 0 saturated carbocycles. The van der Waals surface area contributed by atoms with Gasteiger partial charge in [-0.2, -0.15) is 5.10 Å². The number of hydrogen-bond donors (Lipinski definition) is 1. The molecule has 3 rings (SSSR count). The summed E-state index contributed by atoms with van der Waals surface area (Å²) in [5.74, 6) is 1.53. The topological polar surface area (TPSA) is 55.7 Å². The van der Waals surface area contributed by atoms with Crippen molar-refractivity contribution in [2.24, 2.45) is 5.10 Å². The number of thiophene rings is 1. The molecule has 2 aromatic heterocycles. The number of aromatic nitrogens is 1. The van der Waals surface area contributed by atoms with E-state index in [0.717, 1.165) is 34.3 Å². The summed E-state index contributed by atoms with van der Waals surface area (Å²) < 4.78 is 11.6. The summed E-state index contributed by atoms with van der Waals surface area (Å²) in [6.07, 6.45) is 5.17. The van der Waals surface area contributed by atoms with Crippen LogP contribution in [0.4, 0.5) is 5.13 Å². The molecule has 0 saturated heterocycles. The number of aryl methyl sites for hydroxylation is 1. The molecule has 1 N–H and O–H groups in total. The zero-order valence-electron chi connectivity index (χ0n) is 17.1. The van der Waals surface area contributed by atoms with Crippen molar-refractivity contribution in [3.05, 3.63) is 46.2 Å². The molecule has 1 aromatic carbocycles. The van der Waals surface area contributed by atoms with E-state index < -0.39 is 0 Å². The molecule has 0 aliphatic heterocycles. The Labute approximate surface area is 180 Å². The van der Waals surface area contributed by atoms with Crippen LogP contribution in [0.3, 0.4) is 0 Å². The van der Waals surface area contributed by atoms with Gasteiger partial charge in [0.1, 0.15) is 0 Å². The van der Waals surface area contributed by atoms with Crippen LogP contribution in [-0.4, -0.2) is 24.4 Å². The van der Waals surface area contributed by atoms with Crippen LogP contribution in [0.25, 0.3) is 10.6 Å². The Balaban J connectivity index is 1.64. The summed E-state index contributed by atoms with van der Waals surface area (Å²) in [5, 5.41) is 7.19. The van der Waals surface area contributed by atoms with E-state index in [0.29, 0.717) is 13.2 Å². The highest BCUT2D eigenvalue weighted by molar-refractivity contribution is 7.17. The maximum atomic E-state index is 5.88. The zero-order chi connectivity index (χ0) is 20.5. The Hall–Kier alpha value is -2.38. The highest BCUT2D eigenvalue weighted by Crippen LogP contribution is 2.33. The smallest absolute Gasteiger partial charge is 0.204 e. The maximum absolute atomic E-state index is 5.88. The summed E-state index contributed by atoms with van der Waals surface area (Å²) in [4.78, 5) is 7.00. The third-order valence-corrected chi connectivity index (χ3v) is 5.95. The molecule has 0 amide bonds. The molecule has 0 unspecified atom stereocenters. The van der Waals surface area contributed by atoms with Crippen LogP contribution < -0.4 is 14.9 Å². The molecule has 0 fully saturated rings. The Morgan fingerprint density at radius 1 is 1.14 bits per heavy atom. The van der Waals surface area contributed by atoms with E-state index in [2.05, 4.69) is 40.8 Å². The molecule has 0 spiro atoms. The molecule has 0 bridgehead atoms. The van der Waals surface area contributed by atoms with Crippen molar-refractivity contribution >= 4 is 34.0 Å². The molecule has 5 nitrogen and oxygen atoms in total. The third kappa shape index (κ3) is 6.05. The van der Waals surface area contributed by atoms with Crippen molar-refractivity contribution in [3.8, 4) is 22.1 Å². The maximum Gasteiger partial charge on any atom is 0.204 e. The lowest BCUT2D eigenvalue weighted by Crippen LogP contribution is -2.01. The predicted molar refractivity (Wildman–Crippen MR) is 124 cm³/mol. The molecule has 154 valence electrons. The van der Waals surface area contributed by atoms with E-state index in [-0.39, 0.29) is 0 Å². The molecule has 2 heterocycles. The second-order valence-corrected chi connectivity index (χ2v) is 8.62. The van der Waals surface area contributed by atoms with Crippen LogP contribution in [0.2, 0.25) is 0 Å². The molecule has 0 aliphatic carbocycles. The number of benzene rings is 1. The van der Waals surface area contributed by atoms with E-state index in [4.69, 9.17) is 9.47 Å². The monoisotopic (exact) mass is 429 g/mol. The van der Waals surface area contributed by atoms with Gasteiger partial charge in [-0.15, -0.1) is 22.7 Å². The SMILES string of the molecule is CCCCCOc1ccc(/C=N\Nc2nc(-c3cccs3)c(C)s2)cc1OCC. The van der Waals surface area contributed by atoms with E-state index in [1.807, 2.05) is 31.2 Å². The van der Waals surface area contributed by atoms with Gasteiger partial charge in [0.25, 0.3) is 0 Å². The van der Waals surface area contributed by atoms with Crippen LogP contribution in [0.5, 0.6) is 11.5 Å². The molecule has 3 aromatic rings. The first-order valence-electron chi connectivity index (χ1n) is 9.91. The molecule has 0 aliphatic rings. The van der Waals surface area contributed by atoms with E-state index in [1.54, 1.807) is 28.9 Å². The summed E-state index contributed by atoms with van der Waals surface area (Å²) in [6.45, 7) is 7.53. The number of ether oxygens (including phenoxy) is 2. The number of thiazole rings is 1. The molecule has 29 heavy (non-hydrogen) atoms. The van der Waals surface area contributed by atoms with Gasteiger partial charge in [0.15, 0.2) is 11.5 Å². The van der Waals surface area contributed by atoms with Crippen LogP contribution in [0, 0.1) is 6.92 Å². The largest absolute Gasteiger partial charge is 0.490 e. The van der Waals surface area contributed by atoms with Gasteiger partial charge in [0.05, 0.1) is 30.0 Å². The molecule has 0 atom stereocenters. The Bertz CT molecular complexity index is 920. The van der Waals surface area contributed by atoms with Crippen LogP contribution in [0.1, 0.15) is 43.6 Å². The number of hydrazone groups is 1. The van der Waals surface area contributed by atoms with Crippen molar-refractivity contribution in [2.75, 3.05) is 18.6 Å². The zero-order valence-corrected chi connectivity index (χ0v) is 18.7. The Morgan fingerprint density at radius 3 is 2.79 bits per heavy atom. The van der Waals surface area contributed by atoms with Gasteiger partial charge in [0.2, 0.25) is 5.13 Å². The fourth-order valence-corrected chi connectivity index (χ4v) is 4.39. The molecular weight excluding hydrogens is 402 g/mol. The van der Waals surface area contributed by atoms with Crippen LogP contribution in [0.15, 0.2) is 40.8 Å². The lowest BCUT2D eigenvalue weighted by Gasteiger charge is -2.12. The first kappa shape index (κ1) is 21.3. The molecule has 0 radical (unpaired) electrons. The second-order valence-electron chi connectivity index (χ2n) is 6.47. The summed E-state index contributed by atoms with van der Waals surface area (Å²) in [5.41, 5.74) is 5.00. The predicted octanol–water partition coefficient (Wildman–Crippen LogP) is 6.59. The van der Waals surface area contributed by atoms with Gasteiger partial charge < -0.3 is 9.47 Å². The van der Waals surface area contributed by atoms with Gasteiger partial charge in [-0.05, 0) is 55.5 Å². The average Bonchev–Trinajstić information content (AvgIpc) is 3.36. The highest BCUT2D eigenvalue weighted by Gasteiger charge is 2.10. The number of nitrogens with one attached hydrogen (secondary N) is 1. The Morgan fingerprint density at radius 2 is 2.03 bits per heavy atom. The fourth-order valence-electron chi connectivity index (χ4n) is 2.77. The van der Waals surface area contributed by atoms with Crippen molar-refractivity contribution in [1.82, 2.24) is 4.98 Å². The minimum absolute atomic E-state index is 0.591. The van der Waals surface area contributed by atoms with Crippen molar-refractivity contribution in [2.45, 2.75) is 40.0 Å². The van der Waals surface area contributed by atoms with Crippen LogP contribution in [-0.2, 0) is 0 Å². The number of anilines is 1. The minimum Gasteiger partial charge on any atom is -0.490 e. The van der Waals surface area contributed by atoms with Crippen LogP contribution >= 0.6 is 22.7 Å². The molecular formula is C22H27N3O2S2. The van der Waals surface area contributed by atoms with Gasteiger partial charge in [0, 0.05) is 4.88 Å². The van der Waals surface area contributed by atoms with Crippen molar-refractivity contribution in [1.29, 1.82) is 0 Å². The number of rotatable bonds is 11.